The highest BCUT2D eigenvalue weighted by molar-refractivity contribution is 6.07. The Morgan fingerprint density at radius 2 is 1.68 bits per heavy atom. The number of phenols is 1. The van der Waals surface area contributed by atoms with E-state index in [0.717, 1.165) is 11.3 Å². The van der Waals surface area contributed by atoms with E-state index >= 15 is 0 Å². The molecule has 1 aliphatic carbocycles. The van der Waals surface area contributed by atoms with Crippen molar-refractivity contribution >= 4 is 17.8 Å². The summed E-state index contributed by atoms with van der Waals surface area (Å²) in [5, 5.41) is 18.9. The Labute approximate surface area is 166 Å². The normalized spacial score (nSPS) is 11.9. The van der Waals surface area contributed by atoms with Gasteiger partial charge in [0.25, 0.3) is 0 Å². The summed E-state index contributed by atoms with van der Waals surface area (Å²) in [6, 6.07) is 14.6. The molecular weight excluding hydrogens is 354 g/mol. The largest absolute Gasteiger partial charge is 0.505 e. The average Bonchev–Trinajstić information content (AvgIpc) is 2.73. The van der Waals surface area contributed by atoms with Gasteiger partial charge in [-0.2, -0.15) is 0 Å². The Hall–Kier alpha value is -3.12. The van der Waals surface area contributed by atoms with E-state index in [1.54, 1.807) is 12.1 Å². The van der Waals surface area contributed by atoms with Crippen LogP contribution in [0.2, 0.25) is 0 Å². The lowest BCUT2D eigenvalue weighted by molar-refractivity contribution is -0.116. The first-order chi connectivity index (χ1) is 13.6. The molecule has 0 saturated heterocycles. The summed E-state index contributed by atoms with van der Waals surface area (Å²) in [6.45, 7) is 4.62. The fourth-order valence-corrected chi connectivity index (χ4v) is 2.39. The number of aromatic hydroxyl groups is 1. The summed E-state index contributed by atoms with van der Waals surface area (Å²) in [5.41, 5.74) is 2.87. The lowest BCUT2D eigenvalue weighted by Crippen LogP contribution is -2.32. The molecule has 0 heterocycles. The van der Waals surface area contributed by atoms with Crippen molar-refractivity contribution in [2.45, 2.75) is 26.8 Å². The Kier molecular flexibility index (Phi) is 10.1. The van der Waals surface area contributed by atoms with Gasteiger partial charge in [0, 0.05) is 12.2 Å². The van der Waals surface area contributed by atoms with Gasteiger partial charge in [-0.1, -0.05) is 50.2 Å². The maximum Gasteiger partial charge on any atom is 0.186 e. The molecule has 0 amide bonds. The molecule has 28 heavy (non-hydrogen) atoms. The zero-order valence-corrected chi connectivity index (χ0v) is 16.9. The number of Topliss-reactive ketones (excluding diaryl/α,β-unsaturated/α-hetero) is 1. The number of hydrogen-bond donors (Lipinski definition) is 4. The van der Waals surface area contributed by atoms with Crippen molar-refractivity contribution < 1.29 is 14.7 Å². The molecule has 0 spiro atoms. The second kappa shape index (κ2) is 12.3. The van der Waals surface area contributed by atoms with Crippen LogP contribution in [0.3, 0.4) is 0 Å². The average molecular weight is 383 g/mol. The molecule has 0 aromatic heterocycles. The van der Waals surface area contributed by atoms with Crippen LogP contribution in [0.5, 0.6) is 5.75 Å². The minimum Gasteiger partial charge on any atom is -0.505 e. The fraction of sp³-hybridized carbons (Fsp3) is 0.273. The standard InChI is InChI=1S/C18H16N2O3.C2H7N.C2H6/c21-11-13-7-4-8-14(18(13)23)20-17-15(9-16(17)22)19-10-12-5-2-1-3-6-12;1-3-2;1-2/h1-8,11,19-20,23H,9-10H2;3H,1-2H3;1-2H3. The van der Waals surface area contributed by atoms with E-state index < -0.39 is 0 Å². The number of allylic oxidation sites excluding steroid dienone is 2. The number of carbonyl (C=O) groups excluding carboxylic acids is 2. The van der Waals surface area contributed by atoms with Crippen LogP contribution < -0.4 is 16.0 Å². The van der Waals surface area contributed by atoms with Crippen molar-refractivity contribution in [2.75, 3.05) is 19.4 Å². The van der Waals surface area contributed by atoms with Crippen LogP contribution in [-0.4, -0.2) is 31.3 Å². The molecule has 0 saturated carbocycles. The number of benzene rings is 2. The van der Waals surface area contributed by atoms with Crippen molar-refractivity contribution in [3.05, 3.63) is 71.1 Å². The third kappa shape index (κ3) is 6.25. The lowest BCUT2D eigenvalue weighted by atomic mass is 9.98. The van der Waals surface area contributed by atoms with E-state index in [9.17, 15) is 14.7 Å². The molecular formula is C22H29N3O3. The van der Waals surface area contributed by atoms with Crippen LogP contribution in [0.4, 0.5) is 5.69 Å². The van der Waals surface area contributed by atoms with Gasteiger partial charge >= 0.3 is 0 Å². The first-order valence-corrected chi connectivity index (χ1v) is 9.27. The van der Waals surface area contributed by atoms with E-state index in [4.69, 9.17) is 0 Å². The van der Waals surface area contributed by atoms with Crippen LogP contribution in [0, 0.1) is 0 Å². The zero-order chi connectivity index (χ0) is 20.9. The third-order valence-corrected chi connectivity index (χ3v) is 3.72. The number of nitrogens with one attached hydrogen (secondary N) is 3. The van der Waals surface area contributed by atoms with Crippen LogP contribution in [0.15, 0.2) is 59.9 Å². The number of carbonyl (C=O) groups is 2. The van der Waals surface area contributed by atoms with Gasteiger partial charge in [-0.25, -0.2) is 0 Å². The second-order valence-corrected chi connectivity index (χ2v) is 5.78. The predicted molar refractivity (Wildman–Crippen MR) is 113 cm³/mol. The quantitative estimate of drug-likeness (QED) is 0.451. The summed E-state index contributed by atoms with van der Waals surface area (Å²) in [6.07, 6.45) is 0.912. The predicted octanol–water partition coefficient (Wildman–Crippen LogP) is 3.45. The van der Waals surface area contributed by atoms with Crippen LogP contribution >= 0.6 is 0 Å². The SMILES string of the molecule is CC.CNC.O=Cc1cccc(NC2=C(NCc3ccccc3)CC2=O)c1O. The highest BCUT2D eigenvalue weighted by Crippen LogP contribution is 2.31. The van der Waals surface area contributed by atoms with E-state index in [1.807, 2.05) is 58.3 Å². The van der Waals surface area contributed by atoms with E-state index in [1.165, 1.54) is 6.07 Å². The fourth-order valence-electron chi connectivity index (χ4n) is 2.39. The number of para-hydroxylation sites is 1. The van der Waals surface area contributed by atoms with Crippen LogP contribution in [0.1, 0.15) is 36.2 Å². The van der Waals surface area contributed by atoms with E-state index in [2.05, 4.69) is 16.0 Å². The van der Waals surface area contributed by atoms with Gasteiger partial charge in [0.15, 0.2) is 12.1 Å². The summed E-state index contributed by atoms with van der Waals surface area (Å²) < 4.78 is 0. The molecule has 2 aromatic rings. The molecule has 6 nitrogen and oxygen atoms in total. The minimum absolute atomic E-state index is 0.0310. The maximum absolute atomic E-state index is 11.8. The molecule has 150 valence electrons. The third-order valence-electron chi connectivity index (χ3n) is 3.72. The number of aldehydes is 1. The molecule has 2 aromatic carbocycles. The van der Waals surface area contributed by atoms with Crippen molar-refractivity contribution in [1.82, 2.24) is 10.6 Å². The summed E-state index contributed by atoms with van der Waals surface area (Å²) in [4.78, 5) is 22.7. The monoisotopic (exact) mass is 383 g/mol. The molecule has 1 aliphatic rings. The molecule has 0 unspecified atom stereocenters. The highest BCUT2D eigenvalue weighted by atomic mass is 16.3. The first kappa shape index (κ1) is 22.9. The summed E-state index contributed by atoms with van der Waals surface area (Å²) >= 11 is 0. The van der Waals surface area contributed by atoms with Crippen molar-refractivity contribution in [3.8, 4) is 5.75 Å². The summed E-state index contributed by atoms with van der Waals surface area (Å²) in [5.74, 6) is -0.187. The van der Waals surface area contributed by atoms with Gasteiger partial charge in [0.2, 0.25) is 0 Å². The number of rotatable bonds is 6. The van der Waals surface area contributed by atoms with Crippen molar-refractivity contribution in [1.29, 1.82) is 0 Å². The van der Waals surface area contributed by atoms with Crippen molar-refractivity contribution in [2.24, 2.45) is 0 Å². The minimum atomic E-state index is -0.155. The smallest absolute Gasteiger partial charge is 0.186 e. The molecule has 0 aliphatic heterocycles. The van der Waals surface area contributed by atoms with Crippen molar-refractivity contribution in [3.63, 3.8) is 0 Å². The van der Waals surface area contributed by atoms with Gasteiger partial charge in [-0.15, -0.1) is 0 Å². The molecule has 0 atom stereocenters. The van der Waals surface area contributed by atoms with Gasteiger partial charge in [0.05, 0.1) is 17.7 Å². The first-order valence-electron chi connectivity index (χ1n) is 9.27. The zero-order valence-electron chi connectivity index (χ0n) is 16.9. The number of phenolic OH excluding ortho intramolecular Hbond substituents is 1. The number of anilines is 1. The second-order valence-electron chi connectivity index (χ2n) is 5.78. The van der Waals surface area contributed by atoms with Gasteiger partial charge in [0.1, 0.15) is 11.4 Å². The molecule has 4 N–H and O–H groups in total. The highest BCUT2D eigenvalue weighted by Gasteiger charge is 2.28. The molecule has 0 bridgehead atoms. The molecule has 0 radical (unpaired) electrons. The number of ketones is 1. The molecule has 3 rings (SSSR count). The summed E-state index contributed by atoms with van der Waals surface area (Å²) in [7, 11) is 3.75. The van der Waals surface area contributed by atoms with E-state index in [-0.39, 0.29) is 17.1 Å². The topological polar surface area (TPSA) is 90.5 Å². The van der Waals surface area contributed by atoms with Crippen LogP contribution in [0.25, 0.3) is 0 Å². The maximum atomic E-state index is 11.8. The molecule has 6 heteroatoms. The Balaban J connectivity index is 0.000000717. The van der Waals surface area contributed by atoms with Gasteiger partial charge in [-0.05, 0) is 31.8 Å². The van der Waals surface area contributed by atoms with Crippen LogP contribution in [-0.2, 0) is 11.3 Å². The Morgan fingerprint density at radius 3 is 2.25 bits per heavy atom. The lowest BCUT2D eigenvalue weighted by Gasteiger charge is -2.25. The Bertz CT molecular complexity index is 802. The van der Waals surface area contributed by atoms with Gasteiger partial charge in [-0.3, -0.25) is 9.59 Å². The molecule has 0 fully saturated rings. The number of hydrogen-bond acceptors (Lipinski definition) is 6. The van der Waals surface area contributed by atoms with Gasteiger partial charge < -0.3 is 21.1 Å². The Morgan fingerprint density at radius 1 is 1.04 bits per heavy atom. The van der Waals surface area contributed by atoms with E-state index in [0.29, 0.717) is 30.6 Å².